The van der Waals surface area contributed by atoms with Gasteiger partial charge in [-0.15, -0.1) is 0 Å². The van der Waals surface area contributed by atoms with E-state index in [0.717, 1.165) is 83.9 Å². The number of hydrogen-bond donors (Lipinski definition) is 3. The quantitative estimate of drug-likeness (QED) is 0.175. The van der Waals surface area contributed by atoms with E-state index in [9.17, 15) is 9.59 Å². The van der Waals surface area contributed by atoms with E-state index < -0.39 is 0 Å². The number of aryl methyl sites for hydroxylation is 2. The zero-order valence-corrected chi connectivity index (χ0v) is 30.6. The molecule has 48 heavy (non-hydrogen) atoms. The van der Waals surface area contributed by atoms with Gasteiger partial charge < -0.3 is 25.1 Å². The molecule has 1 aromatic carbocycles. The Kier molecular flexibility index (Phi) is 10.9. The molecule has 2 aliphatic carbocycles. The lowest BCUT2D eigenvalue weighted by atomic mass is 9.58. The summed E-state index contributed by atoms with van der Waals surface area (Å²) in [6.45, 7) is 19.0. The largest absolute Gasteiger partial charge is 0.348 e. The third kappa shape index (κ3) is 7.62. The number of pyridine rings is 1. The summed E-state index contributed by atoms with van der Waals surface area (Å²) in [7, 11) is 0. The number of carbonyl (C=O) groups excluding carboxylic acids is 1. The number of aromatic amines is 1. The Hall–Kier alpha value is -2.90. The highest BCUT2D eigenvalue weighted by molar-refractivity contribution is 6.08. The van der Waals surface area contributed by atoms with Gasteiger partial charge in [0.15, 0.2) is 0 Å². The summed E-state index contributed by atoms with van der Waals surface area (Å²) in [6, 6.07) is 10.5. The number of fused-ring (bicyclic) bond motifs is 3. The Labute approximate surface area is 288 Å². The molecule has 1 aliphatic heterocycles. The molecule has 3 heterocycles. The predicted molar refractivity (Wildman–Crippen MR) is 198 cm³/mol. The first kappa shape index (κ1) is 34.9. The van der Waals surface area contributed by atoms with Gasteiger partial charge in [-0.1, -0.05) is 38.5 Å². The third-order valence-corrected chi connectivity index (χ3v) is 12.7. The summed E-state index contributed by atoms with van der Waals surface area (Å²) in [5, 5.41) is 7.86. The molecule has 3 fully saturated rings. The Morgan fingerprint density at radius 2 is 1.75 bits per heavy atom. The number of hydrogen-bond acceptors (Lipinski definition) is 4. The van der Waals surface area contributed by atoms with Gasteiger partial charge in [-0.05, 0) is 145 Å². The van der Waals surface area contributed by atoms with Gasteiger partial charge in [-0.3, -0.25) is 9.59 Å². The Balaban J connectivity index is 0.999. The van der Waals surface area contributed by atoms with E-state index in [2.05, 4.69) is 71.0 Å². The van der Waals surface area contributed by atoms with Crippen molar-refractivity contribution in [3.05, 3.63) is 68.8 Å². The Morgan fingerprint density at radius 1 is 1.04 bits per heavy atom. The summed E-state index contributed by atoms with van der Waals surface area (Å²) < 4.78 is 2.40. The summed E-state index contributed by atoms with van der Waals surface area (Å²) in [4.78, 5) is 31.7. The number of carbonyl (C=O) groups is 1. The maximum absolute atomic E-state index is 13.7. The van der Waals surface area contributed by atoms with Crippen molar-refractivity contribution >= 4 is 16.8 Å². The maximum atomic E-state index is 13.7. The monoisotopic (exact) mass is 655 g/mol. The van der Waals surface area contributed by atoms with Gasteiger partial charge in [-0.2, -0.15) is 0 Å². The molecule has 0 radical (unpaired) electrons. The van der Waals surface area contributed by atoms with Gasteiger partial charge >= 0.3 is 0 Å². The minimum atomic E-state index is -0.136. The van der Waals surface area contributed by atoms with Crippen molar-refractivity contribution in [3.8, 4) is 0 Å². The molecule has 3 aromatic rings. The standard InChI is InChI=1S/C41H61N5O2/c1-7-31-21-32-23-33(22-31)25-41(6,24-32)14-15-42-16-19-45-17-12-34(13-18-45)29(4)46-30(5)38(35-10-8-9-11-37(35)46)40(48)43-26-36-27(2)20-28(3)44-39(36)47/h8-11,20,29,31-34,42H,7,12-19,21-26H2,1-6H3,(H,43,48)(H,44,47)/t29-,31?,32?,33?,41?/m1/s1. The van der Waals surface area contributed by atoms with Gasteiger partial charge in [0, 0.05) is 53.5 Å². The molecule has 3 aliphatic rings. The molecular weight excluding hydrogens is 594 g/mol. The van der Waals surface area contributed by atoms with Crippen LogP contribution in [0, 0.1) is 49.9 Å². The lowest BCUT2D eigenvalue weighted by molar-refractivity contribution is 0.0359. The van der Waals surface area contributed by atoms with Gasteiger partial charge in [0.1, 0.15) is 0 Å². The molecule has 7 heteroatoms. The van der Waals surface area contributed by atoms with Crippen LogP contribution in [0.25, 0.3) is 10.9 Å². The smallest absolute Gasteiger partial charge is 0.254 e. The van der Waals surface area contributed by atoms with Crippen LogP contribution in [0.15, 0.2) is 35.1 Å². The molecule has 2 aromatic heterocycles. The minimum Gasteiger partial charge on any atom is -0.348 e. The fourth-order valence-electron chi connectivity index (χ4n) is 10.2. The number of H-pyrrole nitrogens is 1. The molecule has 2 bridgehead atoms. The molecule has 262 valence electrons. The fraction of sp³-hybridized carbons (Fsp3) is 0.659. The number of piperidine rings is 1. The van der Waals surface area contributed by atoms with Crippen LogP contribution in [0.1, 0.15) is 117 Å². The lowest BCUT2D eigenvalue weighted by Crippen LogP contribution is -2.41. The number of nitrogens with zero attached hydrogens (tertiary/aromatic N) is 2. The summed E-state index contributed by atoms with van der Waals surface area (Å²) in [5.74, 6) is 3.39. The van der Waals surface area contributed by atoms with Crippen LogP contribution in [0.5, 0.6) is 0 Å². The first-order valence-electron chi connectivity index (χ1n) is 19.1. The molecule has 1 amide bonds. The van der Waals surface area contributed by atoms with E-state index in [4.69, 9.17) is 0 Å². The number of amides is 1. The summed E-state index contributed by atoms with van der Waals surface area (Å²) >= 11 is 0. The molecule has 3 N–H and O–H groups in total. The topological polar surface area (TPSA) is 82.2 Å². The van der Waals surface area contributed by atoms with Gasteiger partial charge in [0.2, 0.25) is 0 Å². The zero-order chi connectivity index (χ0) is 34.0. The number of aromatic nitrogens is 2. The van der Waals surface area contributed by atoms with Crippen molar-refractivity contribution in [1.82, 2.24) is 25.1 Å². The molecule has 2 unspecified atom stereocenters. The highest BCUT2D eigenvalue weighted by Gasteiger charge is 2.41. The first-order chi connectivity index (χ1) is 23.0. The zero-order valence-electron chi connectivity index (χ0n) is 30.6. The molecule has 1 saturated heterocycles. The Morgan fingerprint density at radius 3 is 2.44 bits per heavy atom. The van der Waals surface area contributed by atoms with Crippen molar-refractivity contribution in [3.63, 3.8) is 0 Å². The van der Waals surface area contributed by atoms with E-state index in [1.165, 1.54) is 57.8 Å². The van der Waals surface area contributed by atoms with Crippen molar-refractivity contribution in [2.75, 3.05) is 32.7 Å². The number of likely N-dealkylation sites (tertiary alicyclic amines) is 1. The normalized spacial score (nSPS) is 25.8. The minimum absolute atomic E-state index is 0.123. The van der Waals surface area contributed by atoms with Crippen LogP contribution in [0.3, 0.4) is 0 Å². The van der Waals surface area contributed by atoms with E-state index in [0.29, 0.717) is 22.9 Å². The van der Waals surface area contributed by atoms with E-state index in [1.807, 2.05) is 26.0 Å². The van der Waals surface area contributed by atoms with E-state index in [-0.39, 0.29) is 18.0 Å². The van der Waals surface area contributed by atoms with Crippen LogP contribution in [0.4, 0.5) is 0 Å². The van der Waals surface area contributed by atoms with Crippen LogP contribution >= 0.6 is 0 Å². The van der Waals surface area contributed by atoms with Crippen molar-refractivity contribution in [1.29, 1.82) is 0 Å². The Bertz CT molecular complexity index is 1620. The lowest BCUT2D eigenvalue weighted by Gasteiger charge is -2.48. The van der Waals surface area contributed by atoms with Crippen molar-refractivity contribution < 1.29 is 4.79 Å². The van der Waals surface area contributed by atoms with Crippen LogP contribution in [-0.4, -0.2) is 53.1 Å². The maximum Gasteiger partial charge on any atom is 0.254 e. The van der Waals surface area contributed by atoms with Crippen LogP contribution in [-0.2, 0) is 6.54 Å². The second-order valence-electron chi connectivity index (χ2n) is 16.3. The molecule has 2 saturated carbocycles. The van der Waals surface area contributed by atoms with Crippen molar-refractivity contribution in [2.24, 2.45) is 29.1 Å². The molecular formula is C41H61N5O2. The van der Waals surface area contributed by atoms with E-state index >= 15 is 0 Å². The number of nitrogens with one attached hydrogen (secondary N) is 3. The number of benzene rings is 1. The fourth-order valence-corrected chi connectivity index (χ4v) is 10.2. The van der Waals surface area contributed by atoms with E-state index in [1.54, 1.807) is 0 Å². The predicted octanol–water partition coefficient (Wildman–Crippen LogP) is 7.68. The average molecular weight is 656 g/mol. The second-order valence-corrected chi connectivity index (χ2v) is 16.3. The first-order valence-corrected chi connectivity index (χ1v) is 19.1. The third-order valence-electron chi connectivity index (χ3n) is 12.7. The summed E-state index contributed by atoms with van der Waals surface area (Å²) in [5.41, 5.74) is 5.57. The number of rotatable bonds is 12. The van der Waals surface area contributed by atoms with Gasteiger partial charge in [-0.25, -0.2) is 0 Å². The van der Waals surface area contributed by atoms with Gasteiger partial charge in [0.05, 0.1) is 5.56 Å². The highest BCUT2D eigenvalue weighted by Crippen LogP contribution is 2.52. The SMILES string of the molecule is CCC1CC2CC(C1)CC(C)(CCNCCN1CCC([C@@H](C)n3c(C)c(C(=O)NCc4c(C)cc(C)[nH]c4=O)c4ccccc43)CC1)C2. The molecule has 0 spiro atoms. The highest BCUT2D eigenvalue weighted by atomic mass is 16.2. The average Bonchev–Trinajstić information content (AvgIpc) is 3.34. The molecule has 6 rings (SSSR count). The van der Waals surface area contributed by atoms with Crippen LogP contribution in [0.2, 0.25) is 0 Å². The molecule has 3 atom stereocenters. The van der Waals surface area contributed by atoms with Crippen LogP contribution < -0.4 is 16.2 Å². The number of para-hydroxylation sites is 1. The summed E-state index contributed by atoms with van der Waals surface area (Å²) in [6.07, 6.45) is 12.4. The van der Waals surface area contributed by atoms with Crippen molar-refractivity contribution in [2.45, 2.75) is 112 Å². The second kappa shape index (κ2) is 14.9. The molecule has 7 nitrogen and oxygen atoms in total. The van der Waals surface area contributed by atoms with Gasteiger partial charge in [0.25, 0.3) is 11.5 Å².